The normalized spacial score (nSPS) is 9.95. The molecule has 0 aliphatic rings. The molecule has 1 aromatic heterocycles. The summed E-state index contributed by atoms with van der Waals surface area (Å²) in [6.07, 6.45) is 1.61. The van der Waals surface area contributed by atoms with E-state index >= 15 is 0 Å². The van der Waals surface area contributed by atoms with Crippen molar-refractivity contribution in [2.75, 3.05) is 17.2 Å². The van der Waals surface area contributed by atoms with E-state index in [-0.39, 0.29) is 0 Å². The topological polar surface area (TPSA) is 65.9 Å². The lowest BCUT2D eigenvalue weighted by molar-refractivity contribution is 0.990. The molecule has 19 heavy (non-hydrogen) atoms. The zero-order valence-corrected chi connectivity index (χ0v) is 11.1. The second kappa shape index (κ2) is 5.40. The lowest BCUT2D eigenvalue weighted by Crippen LogP contribution is -2.19. The van der Waals surface area contributed by atoms with Gasteiger partial charge in [0, 0.05) is 18.4 Å². The van der Waals surface area contributed by atoms with Crippen molar-refractivity contribution in [2.24, 2.45) is 0 Å². The first-order chi connectivity index (χ1) is 9.17. The Morgan fingerprint density at radius 2 is 1.95 bits per heavy atom. The molecule has 0 unspecified atom stereocenters. The molecule has 2 rings (SSSR count). The van der Waals surface area contributed by atoms with Crippen LogP contribution >= 0.6 is 0 Å². The fraction of sp³-hybridized carbons (Fsp3) is 0.200. The molecule has 0 spiro atoms. The van der Waals surface area contributed by atoms with Gasteiger partial charge in [0.25, 0.3) is 0 Å². The molecule has 0 atom stereocenters. The summed E-state index contributed by atoms with van der Waals surface area (Å²) in [5.74, 6) is 0.630. The Balaban J connectivity index is 2.49. The minimum Gasteiger partial charge on any atom is -0.395 e. The van der Waals surface area contributed by atoms with Crippen LogP contribution in [0.25, 0.3) is 0 Å². The number of hydrogen-bond acceptors (Lipinski definition) is 4. The smallest absolute Gasteiger partial charge is 0.157 e. The number of anilines is 3. The van der Waals surface area contributed by atoms with Crippen molar-refractivity contribution in [1.82, 2.24) is 4.98 Å². The highest BCUT2D eigenvalue weighted by Gasteiger charge is 2.14. The summed E-state index contributed by atoms with van der Waals surface area (Å²) in [5, 5.41) is 9.03. The molecule has 0 amide bonds. The number of rotatable bonds is 3. The van der Waals surface area contributed by atoms with Crippen molar-refractivity contribution < 1.29 is 0 Å². The fourth-order valence-electron chi connectivity index (χ4n) is 1.95. The van der Waals surface area contributed by atoms with Gasteiger partial charge >= 0.3 is 0 Å². The molecule has 2 aromatic rings. The minimum atomic E-state index is 0.424. The van der Waals surface area contributed by atoms with Crippen molar-refractivity contribution in [1.29, 1.82) is 5.26 Å². The number of benzene rings is 1. The number of nitrogens with zero attached hydrogens (tertiary/aromatic N) is 3. The van der Waals surface area contributed by atoms with Crippen LogP contribution in [-0.4, -0.2) is 11.5 Å². The van der Waals surface area contributed by atoms with Gasteiger partial charge in [-0.05, 0) is 32.0 Å². The van der Waals surface area contributed by atoms with Crippen molar-refractivity contribution in [2.45, 2.75) is 13.8 Å². The number of nitrogen functional groups attached to an aromatic ring is 1. The van der Waals surface area contributed by atoms with Crippen LogP contribution in [0.1, 0.15) is 18.1 Å². The largest absolute Gasteiger partial charge is 0.395 e. The average Bonchev–Trinajstić information content (AvgIpc) is 2.43. The van der Waals surface area contributed by atoms with Gasteiger partial charge in [0.05, 0.1) is 11.3 Å². The molecule has 0 saturated heterocycles. The quantitative estimate of drug-likeness (QED) is 0.911. The van der Waals surface area contributed by atoms with E-state index in [4.69, 9.17) is 11.0 Å². The van der Waals surface area contributed by atoms with E-state index in [9.17, 15) is 0 Å². The van der Waals surface area contributed by atoms with Gasteiger partial charge in [0.1, 0.15) is 6.07 Å². The Morgan fingerprint density at radius 1 is 1.26 bits per heavy atom. The lowest BCUT2D eigenvalue weighted by atomic mass is 10.2. The van der Waals surface area contributed by atoms with E-state index < -0.39 is 0 Å². The predicted octanol–water partition coefficient (Wildman–Crippen LogP) is 3.00. The number of nitrogens with two attached hydrogens (primary N) is 1. The molecular formula is C15H16N4. The summed E-state index contributed by atoms with van der Waals surface area (Å²) < 4.78 is 0. The third-order valence-electron chi connectivity index (χ3n) is 3.01. The number of pyridine rings is 1. The van der Waals surface area contributed by atoms with E-state index in [1.165, 1.54) is 5.56 Å². The predicted molar refractivity (Wildman–Crippen MR) is 77.2 cm³/mol. The summed E-state index contributed by atoms with van der Waals surface area (Å²) >= 11 is 0. The Labute approximate surface area is 113 Å². The van der Waals surface area contributed by atoms with E-state index in [2.05, 4.69) is 11.1 Å². The number of aromatic nitrogens is 1. The molecule has 0 bridgehead atoms. The standard InChI is InChI=1S/C15H16N4/c1-3-19(13-6-4-11(2)5-7-13)15-14(17)12(10-16)8-9-18-15/h4-9H,3,17H2,1-2H3. The first kappa shape index (κ1) is 12.9. The zero-order valence-electron chi connectivity index (χ0n) is 11.1. The molecule has 4 nitrogen and oxygen atoms in total. The molecule has 1 heterocycles. The second-order valence-corrected chi connectivity index (χ2v) is 4.29. The first-order valence-electron chi connectivity index (χ1n) is 6.16. The molecule has 96 valence electrons. The molecule has 0 fully saturated rings. The van der Waals surface area contributed by atoms with Crippen molar-refractivity contribution >= 4 is 17.2 Å². The zero-order chi connectivity index (χ0) is 13.8. The minimum absolute atomic E-state index is 0.424. The van der Waals surface area contributed by atoms with Gasteiger partial charge in [0.2, 0.25) is 0 Å². The second-order valence-electron chi connectivity index (χ2n) is 4.29. The Hall–Kier alpha value is -2.54. The highest BCUT2D eigenvalue weighted by atomic mass is 15.2. The van der Waals surface area contributed by atoms with Gasteiger partial charge in [-0.3, -0.25) is 0 Å². The molecule has 1 aromatic carbocycles. The lowest BCUT2D eigenvalue weighted by Gasteiger charge is -2.23. The van der Waals surface area contributed by atoms with Crippen LogP contribution in [-0.2, 0) is 0 Å². The number of hydrogen-bond donors (Lipinski definition) is 1. The maximum absolute atomic E-state index is 9.03. The van der Waals surface area contributed by atoms with Crippen LogP contribution in [0.5, 0.6) is 0 Å². The fourth-order valence-corrected chi connectivity index (χ4v) is 1.95. The third-order valence-corrected chi connectivity index (χ3v) is 3.01. The monoisotopic (exact) mass is 252 g/mol. The molecule has 0 aliphatic heterocycles. The maximum Gasteiger partial charge on any atom is 0.157 e. The van der Waals surface area contributed by atoms with Gasteiger partial charge in [-0.25, -0.2) is 4.98 Å². The highest BCUT2D eigenvalue weighted by molar-refractivity contribution is 5.75. The highest BCUT2D eigenvalue weighted by Crippen LogP contribution is 2.29. The van der Waals surface area contributed by atoms with Crippen molar-refractivity contribution in [3.8, 4) is 6.07 Å². The summed E-state index contributed by atoms with van der Waals surface area (Å²) in [6.45, 7) is 4.80. The molecular weight excluding hydrogens is 236 g/mol. The van der Waals surface area contributed by atoms with Crippen molar-refractivity contribution in [3.63, 3.8) is 0 Å². The van der Waals surface area contributed by atoms with Gasteiger partial charge in [0.15, 0.2) is 5.82 Å². The van der Waals surface area contributed by atoms with Crippen LogP contribution < -0.4 is 10.6 Å². The SMILES string of the molecule is CCN(c1ccc(C)cc1)c1nccc(C#N)c1N. The van der Waals surface area contributed by atoms with Crippen LogP contribution in [0.4, 0.5) is 17.2 Å². The maximum atomic E-state index is 9.03. The molecule has 0 aliphatic carbocycles. The van der Waals surface area contributed by atoms with Crippen LogP contribution in [0.2, 0.25) is 0 Å². The summed E-state index contributed by atoms with van der Waals surface area (Å²) in [7, 11) is 0. The first-order valence-corrected chi connectivity index (χ1v) is 6.16. The summed E-state index contributed by atoms with van der Waals surface area (Å²) in [5.41, 5.74) is 9.11. The Bertz CT molecular complexity index is 611. The summed E-state index contributed by atoms with van der Waals surface area (Å²) in [6, 6.07) is 11.9. The van der Waals surface area contributed by atoms with Crippen molar-refractivity contribution in [3.05, 3.63) is 47.7 Å². The average molecular weight is 252 g/mol. The van der Waals surface area contributed by atoms with Gasteiger partial charge < -0.3 is 10.6 Å². The van der Waals surface area contributed by atoms with E-state index in [0.717, 1.165) is 12.2 Å². The van der Waals surface area contributed by atoms with Crippen LogP contribution in [0.15, 0.2) is 36.5 Å². The molecule has 2 N–H and O–H groups in total. The Morgan fingerprint density at radius 3 is 2.53 bits per heavy atom. The molecule has 4 heteroatoms. The summed E-state index contributed by atoms with van der Waals surface area (Å²) in [4.78, 5) is 6.30. The van der Waals surface area contributed by atoms with Gasteiger partial charge in [-0.1, -0.05) is 17.7 Å². The van der Waals surface area contributed by atoms with Crippen LogP contribution in [0.3, 0.4) is 0 Å². The van der Waals surface area contributed by atoms with E-state index in [1.807, 2.05) is 43.0 Å². The van der Waals surface area contributed by atoms with Gasteiger partial charge in [-0.15, -0.1) is 0 Å². The van der Waals surface area contributed by atoms with E-state index in [1.54, 1.807) is 12.3 Å². The van der Waals surface area contributed by atoms with Gasteiger partial charge in [-0.2, -0.15) is 5.26 Å². The molecule has 0 saturated carbocycles. The molecule has 0 radical (unpaired) electrons. The third kappa shape index (κ3) is 2.50. The Kier molecular flexibility index (Phi) is 3.67. The van der Waals surface area contributed by atoms with E-state index in [0.29, 0.717) is 17.1 Å². The van der Waals surface area contributed by atoms with Crippen LogP contribution in [0, 0.1) is 18.3 Å². The number of aryl methyl sites for hydroxylation is 1. The number of nitriles is 1.